The van der Waals surface area contributed by atoms with Crippen molar-refractivity contribution in [1.29, 1.82) is 0 Å². The van der Waals surface area contributed by atoms with Crippen molar-refractivity contribution < 1.29 is 33.0 Å². The van der Waals surface area contributed by atoms with E-state index >= 15 is 8.78 Å². The average molecular weight is 571 g/mol. The molecule has 3 aromatic rings. The summed E-state index contributed by atoms with van der Waals surface area (Å²) in [5.74, 6) is -0.275. The fourth-order valence-electron chi connectivity index (χ4n) is 5.99. The Morgan fingerprint density at radius 3 is 2.80 bits per heavy atom. The smallest absolute Gasteiger partial charge is 0.415 e. The van der Waals surface area contributed by atoms with Crippen molar-refractivity contribution in [2.75, 3.05) is 43.0 Å². The lowest BCUT2D eigenvalue weighted by Crippen LogP contribution is -2.30. The Balaban J connectivity index is 0.931. The average Bonchev–Trinajstić information content (AvgIpc) is 3.75. The zero-order chi connectivity index (χ0) is 28.2. The Hall–Kier alpha value is -3.95. The van der Waals surface area contributed by atoms with Gasteiger partial charge in [-0.15, -0.1) is 0 Å². The number of anilines is 2. The van der Waals surface area contributed by atoms with Crippen LogP contribution < -0.4 is 25.6 Å². The minimum atomic E-state index is -0.558. The number of β-amino-alcohol motifs (C(OH)–C–C–N with tert-alkyl or cyclic N) is 1. The van der Waals surface area contributed by atoms with Crippen LogP contribution in [0.25, 0.3) is 11.0 Å². The van der Waals surface area contributed by atoms with Gasteiger partial charge < -0.3 is 35.5 Å². The number of aliphatic hydroxyl groups is 1. The van der Waals surface area contributed by atoms with E-state index in [1.807, 2.05) is 0 Å². The molecule has 4 atom stereocenters. The Morgan fingerprint density at radius 2 is 2.00 bits per heavy atom. The number of carbonyl (C=O) groups excluding carboxylic acids is 2. The van der Waals surface area contributed by atoms with Gasteiger partial charge in [0.2, 0.25) is 0 Å². The molecular formula is C26H28F2N8O5. The zero-order valence-corrected chi connectivity index (χ0v) is 21.9. The summed E-state index contributed by atoms with van der Waals surface area (Å²) in [7, 11) is 0. The van der Waals surface area contributed by atoms with Crippen molar-refractivity contribution >= 4 is 34.7 Å². The lowest BCUT2D eigenvalue weighted by atomic mass is 10.1. The van der Waals surface area contributed by atoms with Gasteiger partial charge in [-0.1, -0.05) is 0 Å². The van der Waals surface area contributed by atoms with Gasteiger partial charge in [0.15, 0.2) is 29.9 Å². The first-order valence-electron chi connectivity index (χ1n) is 13.6. The van der Waals surface area contributed by atoms with Gasteiger partial charge in [-0.2, -0.15) is 0 Å². The second-order valence-electron chi connectivity index (χ2n) is 10.9. The van der Waals surface area contributed by atoms with E-state index in [1.165, 1.54) is 11.1 Å². The summed E-state index contributed by atoms with van der Waals surface area (Å²) in [4.78, 5) is 41.0. The highest BCUT2D eigenvalue weighted by molar-refractivity contribution is 5.94. The fraction of sp³-hybridized carbons (Fsp3) is 0.500. The van der Waals surface area contributed by atoms with E-state index < -0.39 is 23.8 Å². The lowest BCUT2D eigenvalue weighted by molar-refractivity contribution is -0.118. The number of aromatic nitrogens is 4. The molecule has 5 heterocycles. The number of ether oxygens (including phenoxy) is 2. The molecule has 5 N–H and O–H groups in total. The maximum atomic E-state index is 15.4. The summed E-state index contributed by atoms with van der Waals surface area (Å²) in [6, 6.07) is -0.266. The number of H-pyrrole nitrogens is 1. The lowest BCUT2D eigenvalue weighted by Gasteiger charge is -2.18. The van der Waals surface area contributed by atoms with E-state index in [-0.39, 0.29) is 65.7 Å². The number of amides is 2. The monoisotopic (exact) mass is 570 g/mol. The molecule has 2 amide bonds. The number of benzene rings is 1. The predicted octanol–water partition coefficient (Wildman–Crippen LogP) is 1.08. The molecule has 1 aliphatic carbocycles. The van der Waals surface area contributed by atoms with Gasteiger partial charge in [-0.25, -0.2) is 28.5 Å². The molecule has 0 bridgehead atoms. The SMILES string of the molecule is O=C1COc2ncc(N3CC(CCNCC4Cc5c(c(F)c6[nH]c([C@@H]7CC(O)CN7)nc6c5F)C4)OC3=O)nc2N1. The minimum Gasteiger partial charge on any atom is -0.465 e. The van der Waals surface area contributed by atoms with Gasteiger partial charge in [-0.05, 0) is 55.8 Å². The number of hydrogen-bond donors (Lipinski definition) is 5. The summed E-state index contributed by atoms with van der Waals surface area (Å²) >= 11 is 0. The Morgan fingerprint density at radius 1 is 1.17 bits per heavy atom. The second-order valence-corrected chi connectivity index (χ2v) is 10.9. The summed E-state index contributed by atoms with van der Waals surface area (Å²) in [6.07, 6.45) is 1.70. The number of hydrogen-bond acceptors (Lipinski definition) is 10. The van der Waals surface area contributed by atoms with Gasteiger partial charge in [-0.3, -0.25) is 9.69 Å². The summed E-state index contributed by atoms with van der Waals surface area (Å²) in [5, 5.41) is 18.8. The molecule has 1 aromatic carbocycles. The van der Waals surface area contributed by atoms with Crippen LogP contribution in [0.1, 0.15) is 35.8 Å². The fourth-order valence-corrected chi connectivity index (χ4v) is 5.99. The highest BCUT2D eigenvalue weighted by Crippen LogP contribution is 2.37. The standard InChI is InChI=1S/C26H28F2N8O5/c27-19-14-3-11(4-15(14)20(28)22-21(19)34-23(35-22)16-5-12(37)7-30-16)6-29-2-1-13-9-36(26(39)41-13)17-8-31-25-24(32-17)33-18(38)10-40-25/h8,11-13,16,29-30,37H,1-7,9-10H2,(H,34,35)(H,32,33,38)/t12?,13?,16-/m0/s1. The molecule has 0 radical (unpaired) electrons. The molecule has 3 aliphatic heterocycles. The Labute approximate surface area is 232 Å². The second kappa shape index (κ2) is 10.2. The maximum absolute atomic E-state index is 15.4. The maximum Gasteiger partial charge on any atom is 0.415 e. The number of cyclic esters (lactones) is 1. The van der Waals surface area contributed by atoms with Crippen LogP contribution in [-0.4, -0.2) is 82.0 Å². The number of nitrogens with zero attached hydrogens (tertiary/aromatic N) is 4. The van der Waals surface area contributed by atoms with Gasteiger partial charge in [0.1, 0.15) is 23.0 Å². The predicted molar refractivity (Wildman–Crippen MR) is 140 cm³/mol. The zero-order valence-electron chi connectivity index (χ0n) is 21.9. The van der Waals surface area contributed by atoms with Crippen molar-refractivity contribution in [3.63, 3.8) is 0 Å². The molecule has 15 heteroatoms. The molecule has 0 spiro atoms. The number of halogens is 2. The van der Waals surface area contributed by atoms with Crippen molar-refractivity contribution in [2.24, 2.45) is 5.92 Å². The van der Waals surface area contributed by atoms with Gasteiger partial charge in [0, 0.05) is 6.54 Å². The minimum absolute atomic E-state index is 0.000763. The van der Waals surface area contributed by atoms with Crippen LogP contribution in [0.2, 0.25) is 0 Å². The van der Waals surface area contributed by atoms with Crippen molar-refractivity contribution in [1.82, 2.24) is 30.6 Å². The van der Waals surface area contributed by atoms with Crippen LogP contribution in [0.5, 0.6) is 5.88 Å². The quantitative estimate of drug-likeness (QED) is 0.259. The number of imidazole rings is 1. The third-order valence-electron chi connectivity index (χ3n) is 8.02. The molecule has 7 rings (SSSR count). The molecular weight excluding hydrogens is 542 g/mol. The number of aromatic amines is 1. The van der Waals surface area contributed by atoms with Crippen molar-refractivity contribution in [3.8, 4) is 5.88 Å². The first-order valence-corrected chi connectivity index (χ1v) is 13.6. The topological polar surface area (TPSA) is 167 Å². The Kier molecular flexibility index (Phi) is 6.43. The highest BCUT2D eigenvalue weighted by Gasteiger charge is 2.35. The Bertz CT molecular complexity index is 1500. The summed E-state index contributed by atoms with van der Waals surface area (Å²) < 4.78 is 41.5. The first-order chi connectivity index (χ1) is 19.8. The van der Waals surface area contributed by atoms with Crippen LogP contribution in [-0.2, 0) is 22.4 Å². The van der Waals surface area contributed by atoms with Gasteiger partial charge in [0.05, 0.1) is 24.9 Å². The van der Waals surface area contributed by atoms with Crippen LogP contribution in [0, 0.1) is 17.6 Å². The van der Waals surface area contributed by atoms with Crippen LogP contribution >= 0.6 is 0 Å². The van der Waals surface area contributed by atoms with E-state index in [1.54, 1.807) is 0 Å². The number of aliphatic hydroxyl groups excluding tert-OH is 1. The van der Waals surface area contributed by atoms with Crippen LogP contribution in [0.3, 0.4) is 0 Å². The van der Waals surface area contributed by atoms with Crippen LogP contribution in [0.4, 0.5) is 25.2 Å². The van der Waals surface area contributed by atoms with Gasteiger partial charge in [0.25, 0.3) is 11.8 Å². The van der Waals surface area contributed by atoms with E-state index in [4.69, 9.17) is 9.47 Å². The first kappa shape index (κ1) is 26.0. The van der Waals surface area contributed by atoms with E-state index in [0.29, 0.717) is 62.3 Å². The molecule has 216 valence electrons. The van der Waals surface area contributed by atoms with E-state index in [9.17, 15) is 14.7 Å². The number of rotatable bonds is 7. The van der Waals surface area contributed by atoms with E-state index in [2.05, 4.69) is 35.9 Å². The molecule has 2 aromatic heterocycles. The molecule has 41 heavy (non-hydrogen) atoms. The normalized spacial score (nSPS) is 24.0. The summed E-state index contributed by atoms with van der Waals surface area (Å²) in [5.41, 5.74) is 0.815. The molecule has 0 saturated carbocycles. The molecule has 3 unspecified atom stereocenters. The number of nitrogens with one attached hydrogen (secondary N) is 4. The molecule has 2 saturated heterocycles. The molecule has 13 nitrogen and oxygen atoms in total. The van der Waals surface area contributed by atoms with E-state index in [0.717, 1.165) is 0 Å². The third kappa shape index (κ3) is 4.73. The largest absolute Gasteiger partial charge is 0.465 e. The summed E-state index contributed by atoms with van der Waals surface area (Å²) in [6.45, 7) is 1.63. The number of carbonyl (C=O) groups is 2. The van der Waals surface area contributed by atoms with Crippen molar-refractivity contribution in [2.45, 2.75) is 43.9 Å². The number of fused-ring (bicyclic) bond motifs is 3. The van der Waals surface area contributed by atoms with Crippen LogP contribution in [0.15, 0.2) is 6.20 Å². The molecule has 2 fully saturated rings. The van der Waals surface area contributed by atoms with Gasteiger partial charge >= 0.3 is 6.09 Å². The highest BCUT2D eigenvalue weighted by atomic mass is 19.1. The van der Waals surface area contributed by atoms with Crippen molar-refractivity contribution in [3.05, 3.63) is 34.8 Å². The third-order valence-corrected chi connectivity index (χ3v) is 8.02. The molecule has 4 aliphatic rings.